The second-order valence-electron chi connectivity index (χ2n) is 7.73. The monoisotopic (exact) mass is 397 g/mol. The third-order valence-corrected chi connectivity index (χ3v) is 5.62. The molecule has 2 heterocycles. The summed E-state index contributed by atoms with van der Waals surface area (Å²) in [4.78, 5) is 6.78. The molecule has 0 aliphatic heterocycles. The van der Waals surface area contributed by atoms with E-state index in [2.05, 4.69) is 57.9 Å². The fourth-order valence-corrected chi connectivity index (χ4v) is 3.96. The molecule has 0 aliphatic carbocycles. The van der Waals surface area contributed by atoms with Crippen LogP contribution in [0.15, 0.2) is 60.7 Å². The van der Waals surface area contributed by atoms with E-state index in [0.717, 1.165) is 39.5 Å². The number of methoxy groups -OCH3 is 1. The second-order valence-corrected chi connectivity index (χ2v) is 7.73. The van der Waals surface area contributed by atoms with E-state index in [1.807, 2.05) is 43.3 Å². The number of hydrogen-bond donors (Lipinski definition) is 0. The van der Waals surface area contributed by atoms with E-state index >= 15 is 0 Å². The first-order chi connectivity index (χ1) is 14.6. The van der Waals surface area contributed by atoms with Gasteiger partial charge in [0.2, 0.25) is 5.65 Å². The van der Waals surface area contributed by atoms with Gasteiger partial charge in [0.05, 0.1) is 18.1 Å². The molecule has 1 unspecified atom stereocenters. The molecule has 5 rings (SSSR count). The molecular weight excluding hydrogens is 374 g/mol. The van der Waals surface area contributed by atoms with E-state index in [1.54, 1.807) is 7.11 Å². The van der Waals surface area contributed by atoms with E-state index in [1.165, 1.54) is 10.9 Å². The van der Waals surface area contributed by atoms with Crippen molar-refractivity contribution < 1.29 is 4.74 Å². The van der Waals surface area contributed by atoms with Gasteiger partial charge in [0.1, 0.15) is 11.6 Å². The Labute approximate surface area is 174 Å². The lowest BCUT2D eigenvalue weighted by Crippen LogP contribution is -2.13. The van der Waals surface area contributed by atoms with Gasteiger partial charge < -0.3 is 9.64 Å². The van der Waals surface area contributed by atoms with Crippen LogP contribution < -0.4 is 9.64 Å². The molecule has 150 valence electrons. The first-order valence-electron chi connectivity index (χ1n) is 9.95. The quantitative estimate of drug-likeness (QED) is 0.442. The Hall–Kier alpha value is -3.67. The van der Waals surface area contributed by atoms with Crippen molar-refractivity contribution in [2.24, 2.45) is 0 Å². The molecule has 1 atom stereocenters. The number of ether oxygens (including phenoxy) is 1. The lowest BCUT2D eigenvalue weighted by molar-refractivity contribution is 0.415. The van der Waals surface area contributed by atoms with Gasteiger partial charge in [-0.25, -0.2) is 4.98 Å². The third kappa shape index (κ3) is 2.84. The Morgan fingerprint density at radius 1 is 0.933 bits per heavy atom. The normalized spacial score (nSPS) is 12.5. The summed E-state index contributed by atoms with van der Waals surface area (Å²) in [5.74, 6) is 2.64. The molecule has 0 bridgehead atoms. The second kappa shape index (κ2) is 6.99. The SMILES string of the molecule is COc1ccc2cc(C(C)c3nnc4c(N(C)C)nc5ccccc5n34)ccc2c1. The number of hydrogen-bond acceptors (Lipinski definition) is 5. The Morgan fingerprint density at radius 3 is 2.50 bits per heavy atom. The molecule has 0 spiro atoms. The Bertz CT molecular complexity index is 1390. The first-order valence-corrected chi connectivity index (χ1v) is 9.95. The number of benzene rings is 3. The predicted molar refractivity (Wildman–Crippen MR) is 121 cm³/mol. The smallest absolute Gasteiger partial charge is 0.204 e. The van der Waals surface area contributed by atoms with Crippen LogP contribution in [0.25, 0.3) is 27.5 Å². The summed E-state index contributed by atoms with van der Waals surface area (Å²) in [5.41, 5.74) is 3.89. The fraction of sp³-hybridized carbons (Fsp3) is 0.208. The standard InChI is InChI=1S/C24H23N5O/c1-15(16-9-10-18-14-19(30-4)12-11-17(18)13-16)22-26-27-24-23(28(2)3)25-20-7-5-6-8-21(20)29(22)24/h5-15H,1-4H3. The maximum absolute atomic E-state index is 5.35. The van der Waals surface area contributed by atoms with E-state index in [0.29, 0.717) is 0 Å². The molecule has 0 N–H and O–H groups in total. The number of aromatic nitrogens is 4. The van der Waals surface area contributed by atoms with Gasteiger partial charge in [0, 0.05) is 20.0 Å². The van der Waals surface area contributed by atoms with Crippen molar-refractivity contribution in [2.75, 3.05) is 26.1 Å². The average Bonchev–Trinajstić information content (AvgIpc) is 3.22. The van der Waals surface area contributed by atoms with Crippen LogP contribution in [0, 0.1) is 0 Å². The number of para-hydroxylation sites is 2. The van der Waals surface area contributed by atoms with Crippen LogP contribution in [-0.4, -0.2) is 40.8 Å². The van der Waals surface area contributed by atoms with E-state index in [9.17, 15) is 0 Å². The van der Waals surface area contributed by atoms with E-state index < -0.39 is 0 Å². The fourth-order valence-electron chi connectivity index (χ4n) is 3.96. The summed E-state index contributed by atoms with van der Waals surface area (Å²) < 4.78 is 7.49. The van der Waals surface area contributed by atoms with Gasteiger partial charge in [-0.3, -0.25) is 4.40 Å². The van der Waals surface area contributed by atoms with Gasteiger partial charge >= 0.3 is 0 Å². The Balaban J connectivity index is 1.70. The summed E-state index contributed by atoms with van der Waals surface area (Å²) in [6.07, 6.45) is 0. The minimum Gasteiger partial charge on any atom is -0.497 e. The van der Waals surface area contributed by atoms with Crippen LogP contribution in [0.1, 0.15) is 24.2 Å². The van der Waals surface area contributed by atoms with Crippen molar-refractivity contribution in [3.05, 3.63) is 72.1 Å². The average molecular weight is 397 g/mol. The molecule has 0 aliphatic rings. The molecule has 0 saturated heterocycles. The van der Waals surface area contributed by atoms with Gasteiger partial charge in [-0.1, -0.05) is 43.3 Å². The lowest BCUT2D eigenvalue weighted by atomic mass is 9.97. The molecule has 0 saturated carbocycles. The van der Waals surface area contributed by atoms with Crippen molar-refractivity contribution >= 4 is 33.3 Å². The van der Waals surface area contributed by atoms with E-state index in [4.69, 9.17) is 9.72 Å². The largest absolute Gasteiger partial charge is 0.497 e. The van der Waals surface area contributed by atoms with Crippen molar-refractivity contribution in [1.82, 2.24) is 19.6 Å². The highest BCUT2D eigenvalue weighted by molar-refractivity contribution is 5.85. The van der Waals surface area contributed by atoms with Crippen LogP contribution in [0.2, 0.25) is 0 Å². The first kappa shape index (κ1) is 18.4. The highest BCUT2D eigenvalue weighted by Crippen LogP contribution is 2.31. The van der Waals surface area contributed by atoms with Crippen molar-refractivity contribution in [1.29, 1.82) is 0 Å². The molecule has 3 aromatic carbocycles. The zero-order valence-electron chi connectivity index (χ0n) is 17.5. The lowest BCUT2D eigenvalue weighted by Gasteiger charge is -2.16. The van der Waals surface area contributed by atoms with Crippen molar-refractivity contribution in [3.63, 3.8) is 0 Å². The number of rotatable bonds is 4. The highest BCUT2D eigenvalue weighted by atomic mass is 16.5. The van der Waals surface area contributed by atoms with Crippen molar-refractivity contribution in [3.8, 4) is 5.75 Å². The van der Waals surface area contributed by atoms with Crippen LogP contribution in [0.3, 0.4) is 0 Å². The number of anilines is 1. The minimum absolute atomic E-state index is 0.0623. The molecule has 30 heavy (non-hydrogen) atoms. The summed E-state index contributed by atoms with van der Waals surface area (Å²) in [5, 5.41) is 11.4. The van der Waals surface area contributed by atoms with Crippen molar-refractivity contribution in [2.45, 2.75) is 12.8 Å². The third-order valence-electron chi connectivity index (χ3n) is 5.62. The van der Waals surface area contributed by atoms with Crippen LogP contribution in [0.5, 0.6) is 5.75 Å². The molecule has 0 radical (unpaired) electrons. The molecule has 0 amide bonds. The highest BCUT2D eigenvalue weighted by Gasteiger charge is 2.21. The summed E-state index contributed by atoms with van der Waals surface area (Å²) in [6, 6.07) is 20.8. The predicted octanol–water partition coefficient (Wildman–Crippen LogP) is 4.66. The maximum Gasteiger partial charge on any atom is 0.204 e. The Morgan fingerprint density at radius 2 is 1.70 bits per heavy atom. The van der Waals surface area contributed by atoms with Crippen LogP contribution >= 0.6 is 0 Å². The zero-order valence-corrected chi connectivity index (χ0v) is 17.5. The van der Waals surface area contributed by atoms with Gasteiger partial charge in [0.25, 0.3) is 0 Å². The van der Waals surface area contributed by atoms with E-state index in [-0.39, 0.29) is 5.92 Å². The molecule has 2 aromatic heterocycles. The topological polar surface area (TPSA) is 55.6 Å². The maximum atomic E-state index is 5.35. The van der Waals surface area contributed by atoms with Crippen LogP contribution in [-0.2, 0) is 0 Å². The minimum atomic E-state index is 0.0623. The molecule has 6 nitrogen and oxygen atoms in total. The summed E-state index contributed by atoms with van der Waals surface area (Å²) >= 11 is 0. The number of nitrogens with zero attached hydrogens (tertiary/aromatic N) is 5. The summed E-state index contributed by atoms with van der Waals surface area (Å²) in [7, 11) is 5.65. The summed E-state index contributed by atoms with van der Waals surface area (Å²) in [6.45, 7) is 2.17. The molecule has 0 fully saturated rings. The molecule has 5 aromatic rings. The Kier molecular flexibility index (Phi) is 4.28. The zero-order chi connectivity index (χ0) is 20.8. The molecular formula is C24H23N5O. The number of fused-ring (bicyclic) bond motifs is 4. The van der Waals surface area contributed by atoms with Gasteiger partial charge in [0.15, 0.2) is 5.82 Å². The van der Waals surface area contributed by atoms with Crippen LogP contribution in [0.4, 0.5) is 5.82 Å². The molecule has 6 heteroatoms. The van der Waals surface area contributed by atoms with Gasteiger partial charge in [-0.15, -0.1) is 10.2 Å². The van der Waals surface area contributed by atoms with Gasteiger partial charge in [-0.2, -0.15) is 0 Å². The van der Waals surface area contributed by atoms with Gasteiger partial charge in [-0.05, 0) is 40.6 Å².